The van der Waals surface area contributed by atoms with Crippen LogP contribution in [0.2, 0.25) is 0 Å². The number of ether oxygens (including phenoxy) is 1. The van der Waals surface area contributed by atoms with Crippen LogP contribution in [0.25, 0.3) is 10.9 Å². The molecule has 0 spiro atoms. The predicted molar refractivity (Wildman–Crippen MR) is 91.3 cm³/mol. The summed E-state index contributed by atoms with van der Waals surface area (Å²) in [4.78, 5) is 30.4. The van der Waals surface area contributed by atoms with Crippen LogP contribution in [0.1, 0.15) is 26.5 Å². The lowest BCUT2D eigenvalue weighted by Gasteiger charge is -2.25. The molecule has 2 aromatic rings. The summed E-state index contributed by atoms with van der Waals surface area (Å²) >= 11 is 0. The minimum absolute atomic E-state index is 0.106. The summed E-state index contributed by atoms with van der Waals surface area (Å²) in [6.07, 6.45) is 3.62. The molecular formula is C17H24N4O3. The van der Waals surface area contributed by atoms with Crippen molar-refractivity contribution >= 4 is 23.3 Å². The maximum atomic E-state index is 11.3. The standard InChI is InChI=1S/C12H14N4O.C5H10O2/c17-12-8-16(4-3-14-12)7-10-5-9-6-13-2-1-11(9)15-10;1-5(2,3)7-4-6/h1-2,5-6,15H,3-4,7-8H2,(H,14,17);4H,1-3H3. The molecule has 0 saturated carbocycles. The Morgan fingerprint density at radius 3 is 2.79 bits per heavy atom. The van der Waals surface area contributed by atoms with Crippen LogP contribution in [-0.2, 0) is 20.9 Å². The van der Waals surface area contributed by atoms with Crippen LogP contribution in [0.5, 0.6) is 0 Å². The van der Waals surface area contributed by atoms with Gasteiger partial charge in [-0.25, -0.2) is 0 Å². The molecule has 2 N–H and O–H groups in total. The molecule has 7 heteroatoms. The van der Waals surface area contributed by atoms with Crippen molar-refractivity contribution in [3.63, 3.8) is 0 Å². The number of fused-ring (bicyclic) bond motifs is 1. The molecule has 1 saturated heterocycles. The van der Waals surface area contributed by atoms with Gasteiger partial charge in [0, 0.05) is 48.6 Å². The molecular weight excluding hydrogens is 308 g/mol. The summed E-state index contributed by atoms with van der Waals surface area (Å²) in [7, 11) is 0. The van der Waals surface area contributed by atoms with Crippen LogP contribution < -0.4 is 5.32 Å². The molecule has 0 bridgehead atoms. The van der Waals surface area contributed by atoms with Gasteiger partial charge in [-0.2, -0.15) is 0 Å². The van der Waals surface area contributed by atoms with Gasteiger partial charge in [0.25, 0.3) is 6.47 Å². The van der Waals surface area contributed by atoms with E-state index in [1.165, 1.54) is 0 Å². The Morgan fingerprint density at radius 1 is 1.42 bits per heavy atom. The van der Waals surface area contributed by atoms with Crippen molar-refractivity contribution in [1.29, 1.82) is 0 Å². The highest BCUT2D eigenvalue weighted by molar-refractivity contribution is 5.79. The molecule has 0 aliphatic carbocycles. The van der Waals surface area contributed by atoms with E-state index in [2.05, 4.69) is 31.0 Å². The Labute approximate surface area is 141 Å². The molecule has 7 nitrogen and oxygen atoms in total. The van der Waals surface area contributed by atoms with Gasteiger partial charge in [0.05, 0.1) is 6.54 Å². The third-order valence-electron chi connectivity index (χ3n) is 3.39. The van der Waals surface area contributed by atoms with Crippen molar-refractivity contribution in [2.75, 3.05) is 19.6 Å². The second-order valence-electron chi connectivity index (χ2n) is 6.64. The summed E-state index contributed by atoms with van der Waals surface area (Å²) in [6, 6.07) is 4.05. The van der Waals surface area contributed by atoms with Crippen LogP contribution in [0.15, 0.2) is 24.5 Å². The van der Waals surface area contributed by atoms with Crippen LogP contribution in [-0.4, -0.2) is 52.5 Å². The molecule has 3 rings (SSSR count). The molecule has 1 amide bonds. The number of carbonyl (C=O) groups is 2. The van der Waals surface area contributed by atoms with E-state index in [1.54, 1.807) is 6.20 Å². The average Bonchev–Trinajstić information content (AvgIpc) is 2.88. The second kappa shape index (κ2) is 7.92. The maximum Gasteiger partial charge on any atom is 0.293 e. The largest absolute Gasteiger partial charge is 0.462 e. The van der Waals surface area contributed by atoms with Crippen LogP contribution in [0.3, 0.4) is 0 Å². The highest BCUT2D eigenvalue weighted by atomic mass is 16.5. The van der Waals surface area contributed by atoms with Crippen molar-refractivity contribution in [3.05, 3.63) is 30.2 Å². The molecule has 0 unspecified atom stereocenters. The number of aromatic nitrogens is 2. The quantitative estimate of drug-likeness (QED) is 0.831. The Balaban J connectivity index is 0.000000256. The third kappa shape index (κ3) is 5.66. The Kier molecular flexibility index (Phi) is 5.92. The Hall–Kier alpha value is -2.41. The lowest BCUT2D eigenvalue weighted by Crippen LogP contribution is -2.47. The minimum Gasteiger partial charge on any atom is -0.462 e. The first kappa shape index (κ1) is 17.9. The van der Waals surface area contributed by atoms with Crippen LogP contribution in [0.4, 0.5) is 0 Å². The van der Waals surface area contributed by atoms with Crippen molar-refractivity contribution in [2.24, 2.45) is 0 Å². The van der Waals surface area contributed by atoms with E-state index in [0.717, 1.165) is 36.2 Å². The first-order chi connectivity index (χ1) is 11.4. The number of pyridine rings is 1. The Morgan fingerprint density at radius 2 is 2.21 bits per heavy atom. The van der Waals surface area contributed by atoms with Gasteiger partial charge in [0.1, 0.15) is 5.60 Å². The van der Waals surface area contributed by atoms with E-state index in [4.69, 9.17) is 0 Å². The predicted octanol–water partition coefficient (Wildman–Crippen LogP) is 1.45. The first-order valence-electron chi connectivity index (χ1n) is 7.89. The zero-order chi connectivity index (χ0) is 17.6. The van der Waals surface area contributed by atoms with Gasteiger partial charge in [-0.1, -0.05) is 0 Å². The zero-order valence-corrected chi connectivity index (χ0v) is 14.3. The van der Waals surface area contributed by atoms with Crippen molar-refractivity contribution in [1.82, 2.24) is 20.2 Å². The number of carbonyl (C=O) groups excluding carboxylic acids is 2. The fourth-order valence-electron chi connectivity index (χ4n) is 2.33. The van der Waals surface area contributed by atoms with Crippen LogP contribution in [0, 0.1) is 0 Å². The van der Waals surface area contributed by atoms with E-state index < -0.39 is 0 Å². The van der Waals surface area contributed by atoms with Crippen molar-refractivity contribution in [3.8, 4) is 0 Å². The number of nitrogens with zero attached hydrogens (tertiary/aromatic N) is 2. The normalized spacial score (nSPS) is 15.4. The Bertz CT molecular complexity index is 657. The fraction of sp³-hybridized carbons (Fsp3) is 0.471. The highest BCUT2D eigenvalue weighted by Crippen LogP contribution is 2.15. The van der Waals surface area contributed by atoms with Gasteiger partial charge in [0.15, 0.2) is 0 Å². The number of aromatic amines is 1. The number of amides is 1. The topological polar surface area (TPSA) is 87.3 Å². The molecule has 1 aliphatic heterocycles. The molecule has 2 aromatic heterocycles. The average molecular weight is 332 g/mol. The number of hydrogen-bond acceptors (Lipinski definition) is 5. The van der Waals surface area contributed by atoms with E-state index in [1.807, 2.05) is 33.0 Å². The van der Waals surface area contributed by atoms with E-state index in [9.17, 15) is 9.59 Å². The SMILES string of the molecule is CC(C)(C)OC=O.O=C1CN(Cc2cc3cnccc3[nH]2)CCN1. The van der Waals surface area contributed by atoms with Gasteiger partial charge in [0.2, 0.25) is 5.91 Å². The first-order valence-corrected chi connectivity index (χ1v) is 7.89. The monoisotopic (exact) mass is 332 g/mol. The number of nitrogens with one attached hydrogen (secondary N) is 2. The van der Waals surface area contributed by atoms with Crippen LogP contribution >= 0.6 is 0 Å². The van der Waals surface area contributed by atoms with Gasteiger partial charge in [-0.15, -0.1) is 0 Å². The summed E-state index contributed by atoms with van der Waals surface area (Å²) in [5.74, 6) is 0.106. The lowest BCUT2D eigenvalue weighted by atomic mass is 10.2. The van der Waals surface area contributed by atoms with Gasteiger partial charge in [-0.3, -0.25) is 19.5 Å². The van der Waals surface area contributed by atoms with Gasteiger partial charge < -0.3 is 15.0 Å². The van der Waals surface area contributed by atoms with Gasteiger partial charge in [-0.05, 0) is 32.9 Å². The lowest BCUT2D eigenvalue weighted by molar-refractivity contribution is -0.138. The zero-order valence-electron chi connectivity index (χ0n) is 14.3. The second-order valence-corrected chi connectivity index (χ2v) is 6.64. The summed E-state index contributed by atoms with van der Waals surface area (Å²) in [5, 5.41) is 3.94. The van der Waals surface area contributed by atoms with E-state index in [0.29, 0.717) is 13.0 Å². The summed E-state index contributed by atoms with van der Waals surface area (Å²) < 4.78 is 4.55. The molecule has 1 aliphatic rings. The number of piperazine rings is 1. The molecule has 0 atom stereocenters. The molecule has 0 aromatic carbocycles. The summed E-state index contributed by atoms with van der Waals surface area (Å²) in [5.41, 5.74) is 1.90. The number of hydrogen-bond donors (Lipinski definition) is 2. The minimum atomic E-state index is -0.318. The molecule has 1 fully saturated rings. The highest BCUT2D eigenvalue weighted by Gasteiger charge is 2.16. The van der Waals surface area contributed by atoms with E-state index >= 15 is 0 Å². The molecule has 3 heterocycles. The maximum absolute atomic E-state index is 11.3. The fourth-order valence-corrected chi connectivity index (χ4v) is 2.33. The molecule has 0 radical (unpaired) electrons. The van der Waals surface area contributed by atoms with Crippen molar-refractivity contribution < 1.29 is 14.3 Å². The van der Waals surface area contributed by atoms with E-state index in [-0.39, 0.29) is 11.5 Å². The molecule has 24 heavy (non-hydrogen) atoms. The van der Waals surface area contributed by atoms with Gasteiger partial charge >= 0.3 is 0 Å². The third-order valence-corrected chi connectivity index (χ3v) is 3.39. The summed E-state index contributed by atoms with van der Waals surface area (Å²) in [6.45, 7) is 8.82. The number of rotatable bonds is 3. The number of H-pyrrole nitrogens is 1. The van der Waals surface area contributed by atoms with Crippen molar-refractivity contribution in [2.45, 2.75) is 32.9 Å². The smallest absolute Gasteiger partial charge is 0.293 e. The molecule has 130 valence electrons.